The Balaban J connectivity index is 2.25. The first-order valence-corrected chi connectivity index (χ1v) is 7.08. The number of nitrogens with two attached hydrogens (primary N) is 1. The van der Waals surface area contributed by atoms with Crippen LogP contribution in [0.15, 0.2) is 24.3 Å². The molecule has 0 bridgehead atoms. The van der Waals surface area contributed by atoms with Crippen molar-refractivity contribution in [3.05, 3.63) is 35.4 Å². The van der Waals surface area contributed by atoms with Gasteiger partial charge in [-0.1, -0.05) is 45.0 Å². The summed E-state index contributed by atoms with van der Waals surface area (Å²) in [6, 6.07) is 7.33. The summed E-state index contributed by atoms with van der Waals surface area (Å²) < 4.78 is 0. The van der Waals surface area contributed by atoms with Gasteiger partial charge in [0.25, 0.3) is 0 Å². The van der Waals surface area contributed by atoms with E-state index in [-0.39, 0.29) is 24.0 Å². The third-order valence-electron chi connectivity index (χ3n) is 4.05. The van der Waals surface area contributed by atoms with Crippen LogP contribution in [0.1, 0.15) is 31.9 Å². The fraction of sp³-hybridized carbons (Fsp3) is 0.562. The molecule has 3 N–H and O–H groups in total. The number of amides is 1. The van der Waals surface area contributed by atoms with Crippen LogP contribution in [0.3, 0.4) is 0 Å². The number of benzene rings is 1. The van der Waals surface area contributed by atoms with Gasteiger partial charge in [0, 0.05) is 6.54 Å². The molecule has 1 amide bonds. The van der Waals surface area contributed by atoms with Gasteiger partial charge in [0.05, 0.1) is 18.7 Å². The van der Waals surface area contributed by atoms with E-state index in [9.17, 15) is 9.90 Å². The Bertz CT molecular complexity index is 493. The molecular weight excluding hydrogens is 252 g/mol. The van der Waals surface area contributed by atoms with Crippen molar-refractivity contribution in [2.24, 2.45) is 11.1 Å². The molecule has 0 fully saturated rings. The van der Waals surface area contributed by atoms with Gasteiger partial charge in [-0.3, -0.25) is 4.79 Å². The molecule has 1 aliphatic rings. The molecule has 0 aliphatic carbocycles. The predicted octanol–water partition coefficient (Wildman–Crippen LogP) is 1.31. The molecule has 4 nitrogen and oxygen atoms in total. The Morgan fingerprint density at radius 2 is 2.00 bits per heavy atom. The molecule has 0 saturated heterocycles. The molecule has 1 heterocycles. The number of aliphatic hydroxyl groups excluding tert-OH is 1. The lowest BCUT2D eigenvalue weighted by Crippen LogP contribution is -2.55. The second-order valence-electron chi connectivity index (χ2n) is 6.62. The van der Waals surface area contributed by atoms with Crippen LogP contribution in [0.2, 0.25) is 0 Å². The number of hydrogen-bond donors (Lipinski definition) is 2. The molecule has 2 atom stereocenters. The molecule has 0 aromatic heterocycles. The minimum absolute atomic E-state index is 0.0308. The molecule has 1 aliphatic heterocycles. The van der Waals surface area contributed by atoms with Gasteiger partial charge in [-0.25, -0.2) is 0 Å². The molecular formula is C16H24N2O2. The smallest absolute Gasteiger partial charge is 0.240 e. The summed E-state index contributed by atoms with van der Waals surface area (Å²) in [4.78, 5) is 14.3. The summed E-state index contributed by atoms with van der Waals surface area (Å²) in [5.41, 5.74) is 8.16. The standard InChI is InChI=1S/C16H24N2O2/c1-16(2,3)14(17)15(20)18-9-12-7-5-4-6-11(12)8-13(18)10-19/h4-7,13-14,19H,8-10,17H2,1-3H3. The van der Waals surface area contributed by atoms with Gasteiger partial charge in [0.1, 0.15) is 0 Å². The van der Waals surface area contributed by atoms with Gasteiger partial charge in [0.2, 0.25) is 5.91 Å². The molecule has 2 unspecified atom stereocenters. The second-order valence-corrected chi connectivity index (χ2v) is 6.62. The van der Waals surface area contributed by atoms with E-state index < -0.39 is 6.04 Å². The quantitative estimate of drug-likeness (QED) is 0.856. The molecule has 2 rings (SSSR count). The topological polar surface area (TPSA) is 66.6 Å². The lowest BCUT2D eigenvalue weighted by Gasteiger charge is -2.39. The Kier molecular flexibility index (Phi) is 4.16. The SMILES string of the molecule is CC(C)(C)C(N)C(=O)N1Cc2ccccc2CC1CO. The molecule has 0 spiro atoms. The van der Waals surface area contributed by atoms with Gasteiger partial charge in [-0.15, -0.1) is 0 Å². The summed E-state index contributed by atoms with van der Waals surface area (Å²) in [5.74, 6) is -0.0777. The van der Waals surface area contributed by atoms with Crippen molar-refractivity contribution in [3.63, 3.8) is 0 Å². The number of carbonyl (C=O) groups is 1. The van der Waals surface area contributed by atoms with E-state index in [1.54, 1.807) is 4.90 Å². The molecule has 0 saturated carbocycles. The van der Waals surface area contributed by atoms with Crippen LogP contribution in [0, 0.1) is 5.41 Å². The monoisotopic (exact) mass is 276 g/mol. The predicted molar refractivity (Wildman–Crippen MR) is 79.0 cm³/mol. The second kappa shape index (κ2) is 5.54. The molecule has 1 aromatic carbocycles. The van der Waals surface area contributed by atoms with Crippen LogP contribution >= 0.6 is 0 Å². The highest BCUT2D eigenvalue weighted by Gasteiger charge is 2.36. The number of carbonyl (C=O) groups excluding carboxylic acids is 1. The summed E-state index contributed by atoms with van der Waals surface area (Å²) >= 11 is 0. The average Bonchev–Trinajstić information content (AvgIpc) is 2.43. The molecule has 110 valence electrons. The fourth-order valence-electron chi connectivity index (χ4n) is 2.56. The highest BCUT2D eigenvalue weighted by Crippen LogP contribution is 2.26. The zero-order chi connectivity index (χ0) is 14.9. The summed E-state index contributed by atoms with van der Waals surface area (Å²) in [6.45, 7) is 6.38. The van der Waals surface area contributed by atoms with E-state index in [4.69, 9.17) is 5.73 Å². The van der Waals surface area contributed by atoms with Crippen molar-refractivity contribution in [3.8, 4) is 0 Å². The molecule has 0 radical (unpaired) electrons. The van der Waals surface area contributed by atoms with Crippen molar-refractivity contribution < 1.29 is 9.90 Å². The highest BCUT2D eigenvalue weighted by atomic mass is 16.3. The van der Waals surface area contributed by atoms with E-state index >= 15 is 0 Å². The maximum Gasteiger partial charge on any atom is 0.240 e. The molecule has 4 heteroatoms. The van der Waals surface area contributed by atoms with Gasteiger partial charge in [0.15, 0.2) is 0 Å². The van der Waals surface area contributed by atoms with Crippen LogP contribution in [-0.4, -0.2) is 34.6 Å². The lowest BCUT2D eigenvalue weighted by molar-refractivity contribution is -0.139. The highest BCUT2D eigenvalue weighted by molar-refractivity contribution is 5.83. The zero-order valence-electron chi connectivity index (χ0n) is 12.5. The fourth-order valence-corrected chi connectivity index (χ4v) is 2.56. The van der Waals surface area contributed by atoms with Crippen LogP contribution in [-0.2, 0) is 17.8 Å². The van der Waals surface area contributed by atoms with Crippen LogP contribution in [0.25, 0.3) is 0 Å². The Hall–Kier alpha value is -1.39. The van der Waals surface area contributed by atoms with Gasteiger partial charge in [-0.05, 0) is 23.0 Å². The largest absolute Gasteiger partial charge is 0.394 e. The minimum atomic E-state index is -0.554. The van der Waals surface area contributed by atoms with E-state index in [1.165, 1.54) is 5.56 Å². The summed E-state index contributed by atoms with van der Waals surface area (Å²) in [6.07, 6.45) is 0.690. The van der Waals surface area contributed by atoms with Crippen LogP contribution in [0.5, 0.6) is 0 Å². The Morgan fingerprint density at radius 1 is 1.40 bits per heavy atom. The lowest BCUT2D eigenvalue weighted by atomic mass is 9.85. The summed E-state index contributed by atoms with van der Waals surface area (Å²) in [7, 11) is 0. The molecule has 1 aromatic rings. The number of nitrogens with zero attached hydrogens (tertiary/aromatic N) is 1. The first-order chi connectivity index (χ1) is 9.34. The number of fused-ring (bicyclic) bond motifs is 1. The number of rotatable bonds is 2. The van der Waals surface area contributed by atoms with Gasteiger partial charge >= 0.3 is 0 Å². The number of hydrogen-bond acceptors (Lipinski definition) is 3. The zero-order valence-corrected chi connectivity index (χ0v) is 12.5. The third-order valence-corrected chi connectivity index (χ3v) is 4.05. The maximum atomic E-state index is 12.6. The van der Waals surface area contributed by atoms with Gasteiger partial charge in [-0.2, -0.15) is 0 Å². The third kappa shape index (κ3) is 2.86. The van der Waals surface area contributed by atoms with Crippen molar-refractivity contribution in [2.75, 3.05) is 6.61 Å². The first-order valence-electron chi connectivity index (χ1n) is 7.08. The van der Waals surface area contributed by atoms with Crippen molar-refractivity contribution >= 4 is 5.91 Å². The Morgan fingerprint density at radius 3 is 2.55 bits per heavy atom. The number of aliphatic hydroxyl groups is 1. The van der Waals surface area contributed by atoms with E-state index in [1.807, 2.05) is 39.0 Å². The van der Waals surface area contributed by atoms with Crippen LogP contribution in [0.4, 0.5) is 0 Å². The molecule has 20 heavy (non-hydrogen) atoms. The van der Waals surface area contributed by atoms with Crippen molar-refractivity contribution in [1.82, 2.24) is 4.90 Å². The van der Waals surface area contributed by atoms with E-state index in [2.05, 4.69) is 6.07 Å². The van der Waals surface area contributed by atoms with Gasteiger partial charge < -0.3 is 15.7 Å². The minimum Gasteiger partial charge on any atom is -0.394 e. The van der Waals surface area contributed by atoms with E-state index in [0.29, 0.717) is 13.0 Å². The normalized spacial score (nSPS) is 20.4. The summed E-state index contributed by atoms with van der Waals surface area (Å²) in [5, 5.41) is 9.59. The first kappa shape index (κ1) is 15.0. The van der Waals surface area contributed by atoms with Crippen molar-refractivity contribution in [2.45, 2.75) is 45.8 Å². The Labute approximate surface area is 120 Å². The average molecular weight is 276 g/mol. The van der Waals surface area contributed by atoms with E-state index in [0.717, 1.165) is 5.56 Å². The van der Waals surface area contributed by atoms with Crippen LogP contribution < -0.4 is 5.73 Å². The van der Waals surface area contributed by atoms with Crippen molar-refractivity contribution in [1.29, 1.82) is 0 Å². The maximum absolute atomic E-state index is 12.6.